The number of aromatic nitrogens is 1. The number of rotatable bonds is 12. The van der Waals surface area contributed by atoms with Gasteiger partial charge in [0, 0.05) is 32.0 Å². The number of hydrogen-bond acceptors (Lipinski definition) is 4. The van der Waals surface area contributed by atoms with Crippen molar-refractivity contribution in [3.05, 3.63) is 144 Å². The van der Waals surface area contributed by atoms with Crippen molar-refractivity contribution in [1.82, 2.24) is 14.6 Å². The summed E-state index contributed by atoms with van der Waals surface area (Å²) in [6.45, 7) is 2.19. The molecular weight excluding hydrogens is 644 g/mol. The lowest BCUT2D eigenvalue weighted by Crippen LogP contribution is -2.30. The average molecular weight is 684 g/mol. The van der Waals surface area contributed by atoms with E-state index in [2.05, 4.69) is 34.6 Å². The standard InChI is InChI=1S/C40H40F3N3O2S/c41-40(42,43)38-20-16-36(17-21-38)37-18-22-39(23-19-37)49(47,48)46(29-33-7-4-24-44-27-33)28-32-10-14-35(15-11-32)34-12-8-31(9-13-34)26-45-25-30-5-2-1-3-6-30/h4,7-24,27,30,45H,1-3,5-6,25-26,28-29H2. The summed E-state index contributed by atoms with van der Waals surface area (Å²) in [4.78, 5) is 4.25. The predicted molar refractivity (Wildman–Crippen MR) is 188 cm³/mol. The smallest absolute Gasteiger partial charge is 0.312 e. The Morgan fingerprint density at radius 2 is 1.20 bits per heavy atom. The lowest BCUT2D eigenvalue weighted by Gasteiger charge is -2.23. The number of benzene rings is 4. The van der Waals surface area contributed by atoms with E-state index < -0.39 is 21.8 Å². The van der Waals surface area contributed by atoms with E-state index in [9.17, 15) is 21.6 Å². The van der Waals surface area contributed by atoms with Gasteiger partial charge < -0.3 is 5.32 Å². The van der Waals surface area contributed by atoms with Gasteiger partial charge in [-0.3, -0.25) is 4.98 Å². The molecule has 254 valence electrons. The molecule has 0 spiro atoms. The molecule has 6 rings (SSSR count). The first-order chi connectivity index (χ1) is 23.6. The number of sulfonamides is 1. The van der Waals surface area contributed by atoms with Crippen LogP contribution in [0.1, 0.15) is 54.4 Å². The molecule has 0 bridgehead atoms. The van der Waals surface area contributed by atoms with Crippen LogP contribution in [-0.4, -0.2) is 24.3 Å². The van der Waals surface area contributed by atoms with Crippen molar-refractivity contribution >= 4 is 10.0 Å². The monoisotopic (exact) mass is 683 g/mol. The Hall–Kier alpha value is -4.31. The molecule has 0 radical (unpaired) electrons. The summed E-state index contributed by atoms with van der Waals surface area (Å²) in [6, 6.07) is 31.1. The van der Waals surface area contributed by atoms with Crippen molar-refractivity contribution in [2.75, 3.05) is 6.54 Å². The largest absolute Gasteiger partial charge is 0.416 e. The fraction of sp³-hybridized carbons (Fsp3) is 0.275. The molecule has 1 fully saturated rings. The van der Waals surface area contributed by atoms with Gasteiger partial charge in [0.2, 0.25) is 10.0 Å². The van der Waals surface area contributed by atoms with Gasteiger partial charge in [0.1, 0.15) is 0 Å². The third kappa shape index (κ3) is 9.03. The van der Waals surface area contributed by atoms with Crippen molar-refractivity contribution in [2.24, 2.45) is 5.92 Å². The quantitative estimate of drug-likeness (QED) is 0.142. The van der Waals surface area contributed by atoms with Crippen LogP contribution < -0.4 is 5.32 Å². The Kier molecular flexibility index (Phi) is 10.9. The Morgan fingerprint density at radius 3 is 1.76 bits per heavy atom. The maximum Gasteiger partial charge on any atom is 0.416 e. The van der Waals surface area contributed by atoms with Crippen LogP contribution in [0, 0.1) is 5.92 Å². The number of halogens is 3. The molecule has 49 heavy (non-hydrogen) atoms. The summed E-state index contributed by atoms with van der Waals surface area (Å²) in [5, 5.41) is 3.62. The molecular formula is C40H40F3N3O2S. The number of pyridine rings is 1. The van der Waals surface area contributed by atoms with Gasteiger partial charge in [-0.05, 0) is 94.6 Å². The van der Waals surface area contributed by atoms with Gasteiger partial charge in [-0.1, -0.05) is 98.1 Å². The van der Waals surface area contributed by atoms with Crippen LogP contribution in [0.5, 0.6) is 0 Å². The molecule has 4 aromatic carbocycles. The molecule has 0 unspecified atom stereocenters. The van der Waals surface area contributed by atoms with Crippen LogP contribution >= 0.6 is 0 Å². The van der Waals surface area contributed by atoms with E-state index in [4.69, 9.17) is 0 Å². The van der Waals surface area contributed by atoms with Crippen LogP contribution in [-0.2, 0) is 35.8 Å². The zero-order valence-electron chi connectivity index (χ0n) is 27.2. The summed E-state index contributed by atoms with van der Waals surface area (Å²) >= 11 is 0. The lowest BCUT2D eigenvalue weighted by molar-refractivity contribution is -0.137. The van der Waals surface area contributed by atoms with Crippen molar-refractivity contribution in [2.45, 2.75) is 62.8 Å². The molecule has 1 saturated carbocycles. The molecule has 1 aliphatic carbocycles. The van der Waals surface area contributed by atoms with Crippen molar-refractivity contribution in [3.63, 3.8) is 0 Å². The Labute approximate surface area is 286 Å². The number of hydrogen-bond donors (Lipinski definition) is 1. The third-order valence-electron chi connectivity index (χ3n) is 9.21. The minimum atomic E-state index is -4.43. The van der Waals surface area contributed by atoms with Crippen molar-refractivity contribution < 1.29 is 21.6 Å². The molecule has 5 nitrogen and oxygen atoms in total. The van der Waals surface area contributed by atoms with Crippen LogP contribution in [0.3, 0.4) is 0 Å². The highest BCUT2D eigenvalue weighted by atomic mass is 32.2. The fourth-order valence-electron chi connectivity index (χ4n) is 6.37. The molecule has 1 heterocycles. The van der Waals surface area contributed by atoms with Crippen LogP contribution in [0.15, 0.2) is 126 Å². The Morgan fingerprint density at radius 1 is 0.673 bits per heavy atom. The maximum absolute atomic E-state index is 14.0. The minimum Gasteiger partial charge on any atom is -0.312 e. The van der Waals surface area contributed by atoms with Crippen LogP contribution in [0.2, 0.25) is 0 Å². The molecule has 1 aliphatic rings. The van der Waals surface area contributed by atoms with Crippen molar-refractivity contribution in [1.29, 1.82) is 0 Å². The Bertz CT molecular complexity index is 1890. The minimum absolute atomic E-state index is 0.0944. The van der Waals surface area contributed by atoms with Gasteiger partial charge in [-0.2, -0.15) is 17.5 Å². The third-order valence-corrected chi connectivity index (χ3v) is 11.0. The highest BCUT2D eigenvalue weighted by Crippen LogP contribution is 2.32. The number of nitrogens with one attached hydrogen (secondary N) is 1. The predicted octanol–water partition coefficient (Wildman–Crippen LogP) is 9.50. The molecule has 1 N–H and O–H groups in total. The molecule has 0 amide bonds. The summed E-state index contributed by atoms with van der Waals surface area (Å²) in [6.07, 6.45) is 5.59. The van der Waals surface area contributed by atoms with Gasteiger partial charge in [-0.15, -0.1) is 0 Å². The fourth-order valence-corrected chi connectivity index (χ4v) is 7.79. The van der Waals surface area contributed by atoms with Crippen LogP contribution in [0.25, 0.3) is 22.3 Å². The highest BCUT2D eigenvalue weighted by Gasteiger charge is 2.30. The molecule has 0 aliphatic heterocycles. The summed E-state index contributed by atoms with van der Waals surface area (Å²) in [5.74, 6) is 0.795. The van der Waals surface area contributed by atoms with E-state index in [1.54, 1.807) is 30.6 Å². The average Bonchev–Trinajstić information content (AvgIpc) is 3.13. The van der Waals surface area contributed by atoms with E-state index in [0.717, 1.165) is 53.4 Å². The van der Waals surface area contributed by atoms with Gasteiger partial charge >= 0.3 is 6.18 Å². The summed E-state index contributed by atoms with van der Waals surface area (Å²) < 4.78 is 68.5. The maximum atomic E-state index is 14.0. The molecule has 0 saturated heterocycles. The number of alkyl halides is 3. The zero-order chi connectivity index (χ0) is 34.3. The first-order valence-corrected chi connectivity index (χ1v) is 18.1. The highest BCUT2D eigenvalue weighted by molar-refractivity contribution is 7.89. The first-order valence-electron chi connectivity index (χ1n) is 16.7. The first kappa shape index (κ1) is 34.5. The topological polar surface area (TPSA) is 62.3 Å². The summed E-state index contributed by atoms with van der Waals surface area (Å²) in [5.41, 5.74) is 5.41. The van der Waals surface area contributed by atoms with Gasteiger partial charge in [0.15, 0.2) is 0 Å². The molecule has 9 heteroatoms. The van der Waals surface area contributed by atoms with Crippen LogP contribution in [0.4, 0.5) is 13.2 Å². The second-order valence-corrected chi connectivity index (χ2v) is 14.7. The SMILES string of the molecule is O=S(=O)(c1ccc(-c2ccc(C(F)(F)F)cc2)cc1)N(Cc1ccc(-c2ccc(CNCC3CCCCC3)cc2)cc1)Cc1cccnc1. The van der Waals surface area contributed by atoms with E-state index in [-0.39, 0.29) is 18.0 Å². The second kappa shape index (κ2) is 15.5. The van der Waals surface area contributed by atoms with Crippen molar-refractivity contribution in [3.8, 4) is 22.3 Å². The van der Waals surface area contributed by atoms with E-state index in [1.165, 1.54) is 66.2 Å². The van der Waals surface area contributed by atoms with Gasteiger partial charge in [0.05, 0.1) is 10.5 Å². The molecule has 1 aromatic heterocycles. The normalized spacial score (nSPS) is 14.3. The van der Waals surface area contributed by atoms with Gasteiger partial charge in [0.25, 0.3) is 0 Å². The summed E-state index contributed by atoms with van der Waals surface area (Å²) in [7, 11) is -3.95. The van der Waals surface area contributed by atoms with E-state index in [0.29, 0.717) is 11.1 Å². The van der Waals surface area contributed by atoms with E-state index in [1.807, 2.05) is 30.3 Å². The molecule has 0 atom stereocenters. The number of nitrogens with zero attached hydrogens (tertiary/aromatic N) is 2. The lowest BCUT2D eigenvalue weighted by atomic mass is 9.89. The van der Waals surface area contributed by atoms with Gasteiger partial charge in [-0.25, -0.2) is 8.42 Å². The Balaban J connectivity index is 1.14. The second-order valence-electron chi connectivity index (χ2n) is 12.8. The zero-order valence-corrected chi connectivity index (χ0v) is 28.1. The molecule has 5 aromatic rings. The van der Waals surface area contributed by atoms with E-state index >= 15 is 0 Å².